The Labute approximate surface area is 158 Å². The molecule has 0 spiro atoms. The van der Waals surface area contributed by atoms with E-state index in [1.54, 1.807) is 0 Å². The smallest absolute Gasteiger partial charge is 0.251 e. The minimum Gasteiger partial charge on any atom is -0.378 e. The first-order valence-electron chi connectivity index (χ1n) is 8.19. The lowest BCUT2D eigenvalue weighted by molar-refractivity contribution is 0.0950. The number of benzene rings is 2. The Bertz CT molecular complexity index is 943. The summed E-state index contributed by atoms with van der Waals surface area (Å²) in [7, 11) is -0.243. The van der Waals surface area contributed by atoms with Gasteiger partial charge in [-0.05, 0) is 35.9 Å². The number of hydrogen-bond acceptors (Lipinski definition) is 4. The molecule has 0 fully saturated rings. The quantitative estimate of drug-likeness (QED) is 0.677. The van der Waals surface area contributed by atoms with Crippen LogP contribution in [0.15, 0.2) is 60.0 Å². The molecule has 2 aromatic rings. The molecule has 6 nitrogen and oxygen atoms in total. The van der Waals surface area contributed by atoms with Gasteiger partial charge in [0.1, 0.15) is 10.7 Å². The number of halogens is 1. The van der Waals surface area contributed by atoms with Crippen LogP contribution in [0.2, 0.25) is 0 Å². The molecular weight excluding hydrogens is 369 g/mol. The fourth-order valence-corrected chi connectivity index (χ4v) is 3.43. The van der Waals surface area contributed by atoms with Crippen molar-refractivity contribution in [1.82, 2.24) is 10.0 Å². The van der Waals surface area contributed by atoms with Crippen molar-refractivity contribution in [2.24, 2.45) is 0 Å². The molecule has 144 valence electrons. The number of sulfonamides is 1. The van der Waals surface area contributed by atoms with Crippen molar-refractivity contribution in [2.75, 3.05) is 25.5 Å². The van der Waals surface area contributed by atoms with Gasteiger partial charge in [0, 0.05) is 38.4 Å². The Hall–Kier alpha value is -2.71. The van der Waals surface area contributed by atoms with E-state index in [1.807, 2.05) is 43.3 Å². The van der Waals surface area contributed by atoms with Gasteiger partial charge < -0.3 is 10.2 Å². The zero-order chi connectivity index (χ0) is 20.0. The second-order valence-corrected chi connectivity index (χ2v) is 7.77. The van der Waals surface area contributed by atoms with Crippen molar-refractivity contribution in [1.29, 1.82) is 0 Å². The van der Waals surface area contributed by atoms with Gasteiger partial charge in [-0.2, -0.15) is 0 Å². The number of rotatable bonds is 8. The first-order chi connectivity index (χ1) is 12.7. The van der Waals surface area contributed by atoms with E-state index in [0.717, 1.165) is 23.4 Å². The predicted octanol–water partition coefficient (Wildman–Crippen LogP) is 2.29. The molecule has 0 unspecified atom stereocenters. The average Bonchev–Trinajstić information content (AvgIpc) is 2.65. The van der Waals surface area contributed by atoms with Crippen molar-refractivity contribution in [3.8, 4) is 0 Å². The summed E-state index contributed by atoms with van der Waals surface area (Å²) < 4.78 is 40.4. The lowest BCUT2D eigenvalue weighted by Crippen LogP contribution is -2.26. The van der Waals surface area contributed by atoms with Gasteiger partial charge in [-0.1, -0.05) is 18.2 Å². The Balaban J connectivity index is 2.16. The normalized spacial score (nSPS) is 11.1. The van der Waals surface area contributed by atoms with E-state index >= 15 is 0 Å². The van der Waals surface area contributed by atoms with Crippen molar-refractivity contribution in [2.45, 2.75) is 11.4 Å². The molecule has 2 aromatic carbocycles. The molecule has 0 aliphatic rings. The maximum absolute atomic E-state index is 13.9. The summed E-state index contributed by atoms with van der Waals surface area (Å²) in [6, 6.07) is 10.8. The molecule has 0 aromatic heterocycles. The summed E-state index contributed by atoms with van der Waals surface area (Å²) in [6.07, 6.45) is 1.34. The van der Waals surface area contributed by atoms with E-state index in [9.17, 15) is 17.6 Å². The third kappa shape index (κ3) is 5.38. The van der Waals surface area contributed by atoms with Crippen LogP contribution >= 0.6 is 0 Å². The average molecular weight is 391 g/mol. The van der Waals surface area contributed by atoms with Gasteiger partial charge >= 0.3 is 0 Å². The highest BCUT2D eigenvalue weighted by Crippen LogP contribution is 2.17. The molecule has 0 bridgehead atoms. The highest BCUT2D eigenvalue weighted by molar-refractivity contribution is 7.89. The Morgan fingerprint density at radius 1 is 1.22 bits per heavy atom. The van der Waals surface area contributed by atoms with Gasteiger partial charge in [-0.15, -0.1) is 6.58 Å². The lowest BCUT2D eigenvalue weighted by atomic mass is 10.1. The summed E-state index contributed by atoms with van der Waals surface area (Å²) in [5.74, 6) is -1.42. The van der Waals surface area contributed by atoms with Gasteiger partial charge in [-0.3, -0.25) is 4.79 Å². The second-order valence-electron chi connectivity index (χ2n) is 6.03. The summed E-state index contributed by atoms with van der Waals surface area (Å²) in [5, 5.41) is 2.71. The van der Waals surface area contributed by atoms with Crippen molar-refractivity contribution in [3.63, 3.8) is 0 Å². The third-order valence-corrected chi connectivity index (χ3v) is 5.22. The highest BCUT2D eigenvalue weighted by atomic mass is 32.2. The van der Waals surface area contributed by atoms with Gasteiger partial charge in [-0.25, -0.2) is 17.5 Å². The first-order valence-corrected chi connectivity index (χ1v) is 9.67. The van der Waals surface area contributed by atoms with Crippen LogP contribution in [-0.4, -0.2) is 35.0 Å². The molecule has 2 N–H and O–H groups in total. The first kappa shape index (κ1) is 20.6. The van der Waals surface area contributed by atoms with Crippen molar-refractivity contribution < 1.29 is 17.6 Å². The van der Waals surface area contributed by atoms with Gasteiger partial charge in [0.05, 0.1) is 0 Å². The topological polar surface area (TPSA) is 78.5 Å². The summed E-state index contributed by atoms with van der Waals surface area (Å²) in [6.45, 7) is 3.63. The van der Waals surface area contributed by atoms with E-state index in [1.165, 1.54) is 12.1 Å². The molecule has 0 aliphatic carbocycles. The number of carbonyl (C=O) groups excluding carboxylic acids is 1. The number of nitrogens with one attached hydrogen (secondary N) is 2. The van der Waals surface area contributed by atoms with Crippen LogP contribution in [0.5, 0.6) is 0 Å². The molecule has 0 heterocycles. The lowest BCUT2D eigenvalue weighted by Gasteiger charge is -2.14. The molecule has 0 aliphatic heterocycles. The van der Waals surface area contributed by atoms with E-state index in [-0.39, 0.29) is 18.7 Å². The van der Waals surface area contributed by atoms with E-state index in [0.29, 0.717) is 0 Å². The fraction of sp³-hybridized carbons (Fsp3) is 0.211. The molecule has 0 saturated carbocycles. The minimum atomic E-state index is -4.07. The number of hydrogen-bond donors (Lipinski definition) is 2. The van der Waals surface area contributed by atoms with Crippen LogP contribution in [0, 0.1) is 5.82 Å². The number of carbonyl (C=O) groups is 1. The van der Waals surface area contributed by atoms with Gasteiger partial charge in [0.2, 0.25) is 10.0 Å². The summed E-state index contributed by atoms with van der Waals surface area (Å²) >= 11 is 0. The van der Waals surface area contributed by atoms with Crippen molar-refractivity contribution in [3.05, 3.63) is 72.1 Å². The molecule has 2 rings (SSSR count). The van der Waals surface area contributed by atoms with Gasteiger partial charge in [0.25, 0.3) is 5.91 Å². The number of amides is 1. The highest BCUT2D eigenvalue weighted by Gasteiger charge is 2.20. The predicted molar refractivity (Wildman–Crippen MR) is 104 cm³/mol. The van der Waals surface area contributed by atoms with Crippen LogP contribution < -0.4 is 14.9 Å². The van der Waals surface area contributed by atoms with Crippen LogP contribution in [0.4, 0.5) is 10.1 Å². The number of anilines is 1. The Morgan fingerprint density at radius 2 is 1.96 bits per heavy atom. The van der Waals surface area contributed by atoms with Crippen molar-refractivity contribution >= 4 is 21.6 Å². The Kier molecular flexibility index (Phi) is 6.70. The number of nitrogens with zero attached hydrogens (tertiary/aromatic N) is 1. The van der Waals surface area contributed by atoms with E-state index < -0.39 is 26.6 Å². The SMILES string of the molecule is C=CCNS(=O)(=O)c1cc(C(=O)NCc2cccc(N(C)C)c2)ccc1F. The maximum Gasteiger partial charge on any atom is 0.251 e. The largest absolute Gasteiger partial charge is 0.378 e. The van der Waals surface area contributed by atoms with Crippen LogP contribution in [0.3, 0.4) is 0 Å². The standard InChI is InChI=1S/C19H22FN3O3S/c1-4-10-22-27(25,26)18-12-15(8-9-17(18)20)19(24)21-13-14-6-5-7-16(11-14)23(2)3/h4-9,11-12,22H,1,10,13H2,2-3H3,(H,21,24). The Morgan fingerprint density at radius 3 is 2.63 bits per heavy atom. The second kappa shape index (κ2) is 8.79. The summed E-state index contributed by atoms with van der Waals surface area (Å²) in [4.78, 5) is 13.7. The monoisotopic (exact) mass is 391 g/mol. The third-order valence-electron chi connectivity index (χ3n) is 3.78. The molecule has 0 atom stereocenters. The van der Waals surface area contributed by atoms with E-state index in [2.05, 4.69) is 16.6 Å². The summed E-state index contributed by atoms with van der Waals surface area (Å²) in [5.41, 5.74) is 1.93. The van der Waals surface area contributed by atoms with Crippen LogP contribution in [-0.2, 0) is 16.6 Å². The van der Waals surface area contributed by atoms with E-state index in [4.69, 9.17) is 0 Å². The van der Waals surface area contributed by atoms with Gasteiger partial charge in [0.15, 0.2) is 0 Å². The minimum absolute atomic E-state index is 0.0413. The van der Waals surface area contributed by atoms with Crippen LogP contribution in [0.1, 0.15) is 15.9 Å². The molecule has 0 radical (unpaired) electrons. The molecule has 1 amide bonds. The fourth-order valence-electron chi connectivity index (χ4n) is 2.33. The molecule has 27 heavy (non-hydrogen) atoms. The zero-order valence-corrected chi connectivity index (χ0v) is 16.0. The molecule has 0 saturated heterocycles. The van der Waals surface area contributed by atoms with Crippen LogP contribution in [0.25, 0.3) is 0 Å². The molecular formula is C19H22FN3O3S. The zero-order valence-electron chi connectivity index (χ0n) is 15.2. The molecule has 8 heteroatoms. The maximum atomic E-state index is 13.9.